The zero-order chi connectivity index (χ0) is 12.9. The van der Waals surface area contributed by atoms with Crippen molar-refractivity contribution in [2.75, 3.05) is 14.2 Å². The van der Waals surface area contributed by atoms with Crippen LogP contribution in [-0.2, 0) is 24.5 Å². The summed E-state index contributed by atoms with van der Waals surface area (Å²) in [6.45, 7) is 1.71. The van der Waals surface area contributed by atoms with Gasteiger partial charge >= 0.3 is 11.9 Å². The topological polar surface area (TPSA) is 65.5 Å². The Balaban J connectivity index is 3.36. The zero-order valence-electron chi connectivity index (χ0n) is 10.1. The number of pyridine rings is 1. The Labute approximate surface area is 99.8 Å². The van der Waals surface area contributed by atoms with E-state index in [-0.39, 0.29) is 6.42 Å². The molecule has 1 aromatic heterocycles. The molecule has 0 N–H and O–H groups in total. The van der Waals surface area contributed by atoms with Gasteiger partial charge in [-0.05, 0) is 18.6 Å². The largest absolute Gasteiger partial charge is 0.468 e. The van der Waals surface area contributed by atoms with E-state index in [1.54, 1.807) is 25.1 Å². The maximum atomic E-state index is 11.9. The number of nitrogens with zero attached hydrogens (tertiary/aromatic N) is 1. The second kappa shape index (κ2) is 5.43. The van der Waals surface area contributed by atoms with Gasteiger partial charge in [0.15, 0.2) is 0 Å². The molecule has 0 saturated heterocycles. The van der Waals surface area contributed by atoms with Gasteiger partial charge < -0.3 is 9.47 Å². The molecule has 0 radical (unpaired) electrons. The molecular weight excluding hydrogens is 222 g/mol. The molecule has 5 heteroatoms. The number of carbonyl (C=O) groups excluding carboxylic acids is 2. The molecule has 0 amide bonds. The molecule has 0 aliphatic carbocycles. The summed E-state index contributed by atoms with van der Waals surface area (Å²) in [6, 6.07) is 5.02. The second-order valence-corrected chi connectivity index (χ2v) is 3.46. The molecule has 1 heterocycles. The quantitative estimate of drug-likeness (QED) is 0.579. The van der Waals surface area contributed by atoms with Gasteiger partial charge in [0.05, 0.1) is 19.9 Å². The van der Waals surface area contributed by atoms with Gasteiger partial charge in [-0.3, -0.25) is 14.6 Å². The Hall–Kier alpha value is -1.91. The third-order valence-electron chi connectivity index (χ3n) is 2.70. The van der Waals surface area contributed by atoms with Gasteiger partial charge in [-0.2, -0.15) is 0 Å². The Bertz CT molecular complexity index is 386. The highest BCUT2D eigenvalue weighted by molar-refractivity contribution is 6.05. The summed E-state index contributed by atoms with van der Waals surface area (Å²) in [5, 5.41) is 0. The van der Waals surface area contributed by atoms with E-state index >= 15 is 0 Å². The minimum Gasteiger partial charge on any atom is -0.468 e. The zero-order valence-corrected chi connectivity index (χ0v) is 10.1. The SMILES string of the molecule is CCC(C(=O)OC)(C(=O)OC)c1ccccn1. The van der Waals surface area contributed by atoms with Crippen molar-refractivity contribution < 1.29 is 19.1 Å². The third kappa shape index (κ3) is 2.13. The number of methoxy groups -OCH3 is 2. The molecule has 1 rings (SSSR count). The van der Waals surface area contributed by atoms with E-state index in [0.29, 0.717) is 5.69 Å². The number of esters is 2. The second-order valence-electron chi connectivity index (χ2n) is 3.46. The van der Waals surface area contributed by atoms with Crippen molar-refractivity contribution in [2.24, 2.45) is 0 Å². The standard InChI is InChI=1S/C12H15NO4/c1-4-12(10(14)16-2,11(15)17-3)9-7-5-6-8-13-9/h5-8H,4H2,1-3H3. The number of carbonyl (C=O) groups is 2. The van der Waals surface area contributed by atoms with Crippen LogP contribution >= 0.6 is 0 Å². The van der Waals surface area contributed by atoms with Crippen molar-refractivity contribution >= 4 is 11.9 Å². The highest BCUT2D eigenvalue weighted by Crippen LogP contribution is 2.29. The summed E-state index contributed by atoms with van der Waals surface area (Å²) in [7, 11) is 2.47. The molecule has 0 aromatic carbocycles. The van der Waals surface area contributed by atoms with E-state index in [1.807, 2.05) is 0 Å². The van der Waals surface area contributed by atoms with E-state index in [9.17, 15) is 9.59 Å². The summed E-state index contributed by atoms with van der Waals surface area (Å²) in [5.74, 6) is -1.32. The van der Waals surface area contributed by atoms with Crippen LogP contribution in [0.3, 0.4) is 0 Å². The molecule has 0 fully saturated rings. The lowest BCUT2D eigenvalue weighted by Crippen LogP contribution is -2.45. The molecule has 92 valence electrons. The molecule has 0 aliphatic rings. The molecule has 0 unspecified atom stereocenters. The van der Waals surface area contributed by atoms with Crippen LogP contribution in [0.25, 0.3) is 0 Å². The molecule has 0 bridgehead atoms. The molecule has 5 nitrogen and oxygen atoms in total. The smallest absolute Gasteiger partial charge is 0.329 e. The highest BCUT2D eigenvalue weighted by atomic mass is 16.5. The van der Waals surface area contributed by atoms with Gasteiger partial charge in [0, 0.05) is 6.20 Å². The van der Waals surface area contributed by atoms with E-state index < -0.39 is 17.4 Å². The minimum atomic E-state index is -1.48. The van der Waals surface area contributed by atoms with Crippen LogP contribution in [0.1, 0.15) is 19.0 Å². The van der Waals surface area contributed by atoms with E-state index in [1.165, 1.54) is 20.4 Å². The molecule has 0 atom stereocenters. The van der Waals surface area contributed by atoms with Crippen LogP contribution in [0.15, 0.2) is 24.4 Å². The first-order valence-electron chi connectivity index (χ1n) is 5.21. The lowest BCUT2D eigenvalue weighted by atomic mass is 9.81. The Morgan fingerprint density at radius 2 is 1.82 bits per heavy atom. The van der Waals surface area contributed by atoms with Gasteiger partial charge in [0.25, 0.3) is 0 Å². The van der Waals surface area contributed by atoms with Crippen molar-refractivity contribution in [3.05, 3.63) is 30.1 Å². The maximum absolute atomic E-state index is 11.9. The first-order valence-corrected chi connectivity index (χ1v) is 5.21. The molecule has 17 heavy (non-hydrogen) atoms. The normalized spacial score (nSPS) is 10.8. The lowest BCUT2D eigenvalue weighted by molar-refractivity contribution is -0.162. The van der Waals surface area contributed by atoms with Crippen LogP contribution in [0, 0.1) is 0 Å². The number of ether oxygens (including phenoxy) is 2. The number of rotatable bonds is 4. The van der Waals surface area contributed by atoms with Crippen molar-refractivity contribution in [3.8, 4) is 0 Å². The Morgan fingerprint density at radius 1 is 1.24 bits per heavy atom. The summed E-state index contributed by atoms with van der Waals surface area (Å²) in [4.78, 5) is 27.9. The Kier molecular flexibility index (Phi) is 4.20. The van der Waals surface area contributed by atoms with Crippen LogP contribution in [-0.4, -0.2) is 31.1 Å². The summed E-state index contributed by atoms with van der Waals surface area (Å²) in [5.41, 5.74) is -1.15. The summed E-state index contributed by atoms with van der Waals surface area (Å²) < 4.78 is 9.41. The predicted molar refractivity (Wildman–Crippen MR) is 60.2 cm³/mol. The molecular formula is C12H15NO4. The van der Waals surface area contributed by atoms with Crippen LogP contribution in [0.5, 0.6) is 0 Å². The highest BCUT2D eigenvalue weighted by Gasteiger charge is 2.49. The van der Waals surface area contributed by atoms with Crippen LogP contribution in [0.2, 0.25) is 0 Å². The first kappa shape index (κ1) is 13.2. The average Bonchev–Trinajstić information content (AvgIpc) is 2.40. The lowest BCUT2D eigenvalue weighted by Gasteiger charge is -2.25. The third-order valence-corrected chi connectivity index (χ3v) is 2.70. The van der Waals surface area contributed by atoms with Gasteiger partial charge in [0.2, 0.25) is 5.41 Å². The number of aromatic nitrogens is 1. The van der Waals surface area contributed by atoms with Gasteiger partial charge in [0.1, 0.15) is 0 Å². The predicted octanol–water partition coefficient (Wildman–Crippen LogP) is 1.08. The van der Waals surface area contributed by atoms with Crippen molar-refractivity contribution in [1.82, 2.24) is 4.98 Å². The van der Waals surface area contributed by atoms with Crippen molar-refractivity contribution in [1.29, 1.82) is 0 Å². The summed E-state index contributed by atoms with van der Waals surface area (Å²) >= 11 is 0. The fourth-order valence-corrected chi connectivity index (χ4v) is 1.73. The van der Waals surface area contributed by atoms with Crippen LogP contribution < -0.4 is 0 Å². The molecule has 0 saturated carbocycles. The van der Waals surface area contributed by atoms with Gasteiger partial charge in [-0.15, -0.1) is 0 Å². The molecule has 0 aliphatic heterocycles. The number of hydrogen-bond donors (Lipinski definition) is 0. The fraction of sp³-hybridized carbons (Fsp3) is 0.417. The van der Waals surface area contributed by atoms with E-state index in [2.05, 4.69) is 4.98 Å². The first-order chi connectivity index (χ1) is 8.13. The van der Waals surface area contributed by atoms with Crippen molar-refractivity contribution in [2.45, 2.75) is 18.8 Å². The van der Waals surface area contributed by atoms with Crippen molar-refractivity contribution in [3.63, 3.8) is 0 Å². The minimum absolute atomic E-state index is 0.226. The molecule has 1 aromatic rings. The fourth-order valence-electron chi connectivity index (χ4n) is 1.73. The van der Waals surface area contributed by atoms with E-state index in [0.717, 1.165) is 0 Å². The average molecular weight is 237 g/mol. The van der Waals surface area contributed by atoms with Gasteiger partial charge in [-0.25, -0.2) is 0 Å². The summed E-state index contributed by atoms with van der Waals surface area (Å²) in [6.07, 6.45) is 1.75. The van der Waals surface area contributed by atoms with Crippen LogP contribution in [0.4, 0.5) is 0 Å². The Morgan fingerprint density at radius 3 is 2.18 bits per heavy atom. The van der Waals surface area contributed by atoms with E-state index in [4.69, 9.17) is 9.47 Å². The monoisotopic (exact) mass is 237 g/mol. The number of hydrogen-bond acceptors (Lipinski definition) is 5. The van der Waals surface area contributed by atoms with Gasteiger partial charge in [-0.1, -0.05) is 13.0 Å². The molecule has 0 spiro atoms. The maximum Gasteiger partial charge on any atom is 0.329 e.